The topological polar surface area (TPSA) is 50.2 Å². The molecule has 1 aromatic heterocycles. The van der Waals surface area contributed by atoms with Crippen LogP contribution in [0.1, 0.15) is 38.9 Å². The molecule has 0 saturated carbocycles. The number of carbonyl (C=O) groups excluding carboxylic acids is 1. The number of hydrogen-bond donors (Lipinski definition) is 1. The van der Waals surface area contributed by atoms with E-state index in [-0.39, 0.29) is 11.9 Å². The Morgan fingerprint density at radius 1 is 1.22 bits per heavy atom. The standard InChI is InChI=1S/C18H26N4O/c1-12-7-9-15(10-8-12)16(21(4)5)11-19-18(23)17-13(2)20-22(6)14(17)3/h7-10,16H,11H2,1-6H3,(H,19,23). The Morgan fingerprint density at radius 2 is 1.83 bits per heavy atom. The van der Waals surface area contributed by atoms with Crippen LogP contribution in [0.2, 0.25) is 0 Å². The third kappa shape index (κ3) is 3.79. The number of nitrogens with one attached hydrogen (secondary N) is 1. The van der Waals surface area contributed by atoms with Crippen molar-refractivity contribution in [2.45, 2.75) is 26.8 Å². The van der Waals surface area contributed by atoms with Crippen LogP contribution in [0, 0.1) is 20.8 Å². The van der Waals surface area contributed by atoms with E-state index >= 15 is 0 Å². The number of hydrogen-bond acceptors (Lipinski definition) is 3. The molecule has 1 atom stereocenters. The van der Waals surface area contributed by atoms with Crippen LogP contribution in [0.25, 0.3) is 0 Å². The van der Waals surface area contributed by atoms with Gasteiger partial charge in [-0.3, -0.25) is 9.48 Å². The lowest BCUT2D eigenvalue weighted by atomic mass is 10.0. The number of amides is 1. The minimum atomic E-state index is -0.0629. The van der Waals surface area contributed by atoms with E-state index in [2.05, 4.69) is 46.5 Å². The largest absolute Gasteiger partial charge is 0.350 e. The predicted molar refractivity (Wildman–Crippen MR) is 92.6 cm³/mol. The van der Waals surface area contributed by atoms with E-state index in [9.17, 15) is 4.79 Å². The van der Waals surface area contributed by atoms with Crippen molar-refractivity contribution in [1.29, 1.82) is 0 Å². The third-order valence-electron chi connectivity index (χ3n) is 4.28. The van der Waals surface area contributed by atoms with Gasteiger partial charge in [0.1, 0.15) is 0 Å². The quantitative estimate of drug-likeness (QED) is 0.922. The molecule has 1 N–H and O–H groups in total. The summed E-state index contributed by atoms with van der Waals surface area (Å²) in [6.45, 7) is 6.41. The zero-order valence-corrected chi connectivity index (χ0v) is 14.8. The van der Waals surface area contributed by atoms with Gasteiger partial charge in [0.2, 0.25) is 0 Å². The molecule has 0 bridgehead atoms. The fraction of sp³-hybridized carbons (Fsp3) is 0.444. The summed E-state index contributed by atoms with van der Waals surface area (Å²) in [5.41, 5.74) is 4.75. The maximum absolute atomic E-state index is 12.5. The Hall–Kier alpha value is -2.14. The minimum absolute atomic E-state index is 0.0629. The van der Waals surface area contributed by atoms with Crippen molar-refractivity contribution in [2.24, 2.45) is 7.05 Å². The van der Waals surface area contributed by atoms with Gasteiger partial charge in [-0.15, -0.1) is 0 Å². The molecule has 0 aliphatic carbocycles. The lowest BCUT2D eigenvalue weighted by Gasteiger charge is -2.25. The molecule has 0 aliphatic rings. The van der Waals surface area contributed by atoms with Crippen LogP contribution in [0.5, 0.6) is 0 Å². The fourth-order valence-corrected chi connectivity index (χ4v) is 2.77. The fourth-order valence-electron chi connectivity index (χ4n) is 2.77. The Labute approximate surface area is 138 Å². The molecule has 0 spiro atoms. The summed E-state index contributed by atoms with van der Waals surface area (Å²) in [6.07, 6.45) is 0. The first-order valence-electron chi connectivity index (χ1n) is 7.82. The zero-order valence-electron chi connectivity index (χ0n) is 14.8. The number of rotatable bonds is 5. The first kappa shape index (κ1) is 17.2. The number of benzene rings is 1. The summed E-state index contributed by atoms with van der Waals surface area (Å²) in [4.78, 5) is 14.6. The van der Waals surface area contributed by atoms with Gasteiger partial charge >= 0.3 is 0 Å². The molecule has 0 radical (unpaired) electrons. The summed E-state index contributed by atoms with van der Waals surface area (Å²) in [6, 6.07) is 8.57. The SMILES string of the molecule is Cc1ccc(C(CNC(=O)c2c(C)nn(C)c2C)N(C)C)cc1. The van der Waals surface area contributed by atoms with Crippen molar-refractivity contribution < 1.29 is 4.79 Å². The Bertz CT molecular complexity index is 686. The van der Waals surface area contributed by atoms with Gasteiger partial charge in [-0.1, -0.05) is 29.8 Å². The van der Waals surface area contributed by atoms with Gasteiger partial charge in [-0.05, 0) is 40.4 Å². The monoisotopic (exact) mass is 314 g/mol. The van der Waals surface area contributed by atoms with Crippen LogP contribution in [0.3, 0.4) is 0 Å². The number of nitrogens with zero attached hydrogens (tertiary/aromatic N) is 3. The normalized spacial score (nSPS) is 12.5. The first-order chi connectivity index (χ1) is 10.8. The summed E-state index contributed by atoms with van der Waals surface area (Å²) in [7, 11) is 5.91. The van der Waals surface area contributed by atoms with Crippen molar-refractivity contribution in [3.8, 4) is 0 Å². The summed E-state index contributed by atoms with van der Waals surface area (Å²) in [5, 5.41) is 7.36. The highest BCUT2D eigenvalue weighted by atomic mass is 16.1. The van der Waals surface area contributed by atoms with Crippen molar-refractivity contribution in [3.05, 3.63) is 52.3 Å². The number of aryl methyl sites for hydroxylation is 3. The molecule has 0 fully saturated rings. The molecule has 0 aliphatic heterocycles. The molecular formula is C18H26N4O. The molecule has 124 valence electrons. The van der Waals surface area contributed by atoms with Gasteiger partial charge in [0.25, 0.3) is 5.91 Å². The molecule has 1 unspecified atom stereocenters. The molecule has 2 aromatic rings. The zero-order chi connectivity index (χ0) is 17.1. The maximum Gasteiger partial charge on any atom is 0.255 e. The third-order valence-corrected chi connectivity index (χ3v) is 4.28. The number of carbonyl (C=O) groups is 1. The molecule has 0 saturated heterocycles. The van der Waals surface area contributed by atoms with E-state index in [1.54, 1.807) is 4.68 Å². The van der Waals surface area contributed by atoms with Crippen LogP contribution in [-0.4, -0.2) is 41.2 Å². The van der Waals surface area contributed by atoms with Crippen LogP contribution < -0.4 is 5.32 Å². The van der Waals surface area contributed by atoms with E-state index in [0.717, 1.165) is 11.4 Å². The van der Waals surface area contributed by atoms with Crippen molar-refractivity contribution >= 4 is 5.91 Å². The average molecular weight is 314 g/mol. The Kier molecular flexibility index (Phi) is 5.21. The lowest BCUT2D eigenvalue weighted by molar-refractivity contribution is 0.0940. The molecule has 1 heterocycles. The number of aromatic nitrogens is 2. The molecule has 1 aromatic carbocycles. The minimum Gasteiger partial charge on any atom is -0.350 e. The highest BCUT2D eigenvalue weighted by Gasteiger charge is 2.20. The smallest absolute Gasteiger partial charge is 0.255 e. The molecule has 5 heteroatoms. The van der Waals surface area contributed by atoms with Crippen molar-refractivity contribution in [1.82, 2.24) is 20.0 Å². The highest BCUT2D eigenvalue weighted by molar-refractivity contribution is 5.96. The van der Waals surface area contributed by atoms with Gasteiger partial charge in [0, 0.05) is 19.3 Å². The van der Waals surface area contributed by atoms with Crippen molar-refractivity contribution in [3.63, 3.8) is 0 Å². The van der Waals surface area contributed by atoms with Gasteiger partial charge in [0.15, 0.2) is 0 Å². The summed E-state index contributed by atoms with van der Waals surface area (Å²) in [5.74, 6) is -0.0629. The Morgan fingerprint density at radius 3 is 2.30 bits per heavy atom. The van der Waals surface area contributed by atoms with Crippen LogP contribution in [0.4, 0.5) is 0 Å². The van der Waals surface area contributed by atoms with E-state index in [4.69, 9.17) is 0 Å². The number of likely N-dealkylation sites (N-methyl/N-ethyl adjacent to an activating group) is 1. The van der Waals surface area contributed by atoms with Gasteiger partial charge in [0.05, 0.1) is 17.3 Å². The second kappa shape index (κ2) is 6.96. The van der Waals surface area contributed by atoms with Gasteiger partial charge in [-0.25, -0.2) is 0 Å². The maximum atomic E-state index is 12.5. The molecular weight excluding hydrogens is 288 g/mol. The molecule has 2 rings (SSSR count). The van der Waals surface area contributed by atoms with Gasteiger partial charge < -0.3 is 10.2 Å². The first-order valence-corrected chi connectivity index (χ1v) is 7.82. The molecule has 1 amide bonds. The molecule has 5 nitrogen and oxygen atoms in total. The van der Waals surface area contributed by atoms with E-state index in [1.807, 2.05) is 35.0 Å². The highest BCUT2D eigenvalue weighted by Crippen LogP contribution is 2.18. The summed E-state index contributed by atoms with van der Waals surface area (Å²) >= 11 is 0. The van der Waals surface area contributed by atoms with Crippen LogP contribution >= 0.6 is 0 Å². The molecule has 23 heavy (non-hydrogen) atoms. The van der Waals surface area contributed by atoms with E-state index in [1.165, 1.54) is 11.1 Å². The van der Waals surface area contributed by atoms with Crippen LogP contribution in [0.15, 0.2) is 24.3 Å². The lowest BCUT2D eigenvalue weighted by Crippen LogP contribution is -2.35. The summed E-state index contributed by atoms with van der Waals surface area (Å²) < 4.78 is 1.74. The average Bonchev–Trinajstić information content (AvgIpc) is 2.73. The van der Waals surface area contributed by atoms with E-state index < -0.39 is 0 Å². The Balaban J connectivity index is 2.13. The van der Waals surface area contributed by atoms with Gasteiger partial charge in [-0.2, -0.15) is 5.10 Å². The van der Waals surface area contributed by atoms with Crippen molar-refractivity contribution in [2.75, 3.05) is 20.6 Å². The predicted octanol–water partition coefficient (Wildman–Crippen LogP) is 2.38. The van der Waals surface area contributed by atoms with Crippen LogP contribution in [-0.2, 0) is 7.05 Å². The van der Waals surface area contributed by atoms with E-state index in [0.29, 0.717) is 12.1 Å². The second-order valence-corrected chi connectivity index (χ2v) is 6.27. The second-order valence-electron chi connectivity index (χ2n) is 6.27.